The van der Waals surface area contributed by atoms with E-state index in [9.17, 15) is 4.39 Å². The summed E-state index contributed by atoms with van der Waals surface area (Å²) in [5.41, 5.74) is 1.53. The predicted molar refractivity (Wildman–Crippen MR) is 123 cm³/mol. The van der Waals surface area contributed by atoms with E-state index in [1.807, 2.05) is 12.1 Å². The molecule has 168 valence electrons. The molecule has 32 heavy (non-hydrogen) atoms. The maximum atomic E-state index is 14.1. The van der Waals surface area contributed by atoms with Crippen molar-refractivity contribution in [3.63, 3.8) is 0 Å². The lowest BCUT2D eigenvalue weighted by Gasteiger charge is -2.17. The number of pyridine rings is 1. The third-order valence-corrected chi connectivity index (χ3v) is 5.41. The minimum atomic E-state index is -0.460. The summed E-state index contributed by atoms with van der Waals surface area (Å²) in [5.74, 6) is 0.974. The van der Waals surface area contributed by atoms with Crippen molar-refractivity contribution in [2.24, 2.45) is 0 Å². The molecule has 3 aromatic rings. The molecule has 0 unspecified atom stereocenters. The van der Waals surface area contributed by atoms with Crippen LogP contribution in [0.1, 0.15) is 44.1 Å². The highest BCUT2D eigenvalue weighted by Crippen LogP contribution is 2.24. The van der Waals surface area contributed by atoms with Crippen molar-refractivity contribution in [1.82, 2.24) is 19.9 Å². The molecular weight excluding hydrogens is 409 g/mol. The van der Waals surface area contributed by atoms with Crippen LogP contribution in [-0.2, 0) is 6.54 Å². The molecule has 0 aliphatic heterocycles. The van der Waals surface area contributed by atoms with E-state index in [1.54, 1.807) is 24.5 Å². The monoisotopic (exact) mass is 437 g/mol. The summed E-state index contributed by atoms with van der Waals surface area (Å²) in [5, 5.41) is 9.77. The van der Waals surface area contributed by atoms with Crippen molar-refractivity contribution in [2.45, 2.75) is 51.1 Å². The average Bonchev–Trinajstić information content (AvgIpc) is 3.07. The Morgan fingerprint density at radius 2 is 1.78 bits per heavy atom. The van der Waals surface area contributed by atoms with Gasteiger partial charge in [-0.25, -0.2) is 4.39 Å². The molecule has 1 saturated carbocycles. The maximum Gasteiger partial charge on any atom is 0.233 e. The molecule has 1 aliphatic carbocycles. The van der Waals surface area contributed by atoms with E-state index in [1.165, 1.54) is 38.9 Å². The van der Waals surface area contributed by atoms with Crippen LogP contribution in [0.5, 0.6) is 5.75 Å². The summed E-state index contributed by atoms with van der Waals surface area (Å²) in [4.78, 5) is 17.7. The smallest absolute Gasteiger partial charge is 0.233 e. The third-order valence-electron chi connectivity index (χ3n) is 5.41. The van der Waals surface area contributed by atoms with Crippen molar-refractivity contribution < 1.29 is 9.13 Å². The first-order chi connectivity index (χ1) is 15.7. The largest absolute Gasteiger partial charge is 0.494 e. The molecule has 1 aromatic carbocycles. The molecule has 0 bridgehead atoms. The summed E-state index contributed by atoms with van der Waals surface area (Å²) < 4.78 is 19.1. The Kier molecular flexibility index (Phi) is 7.27. The number of benzene rings is 1. The van der Waals surface area contributed by atoms with Gasteiger partial charge in [0.05, 0.1) is 7.11 Å². The number of hydrogen-bond acceptors (Lipinski definition) is 8. The fourth-order valence-electron chi connectivity index (χ4n) is 3.74. The standard InChI is InChI=1S/C23H28FN7O/c1-32-20-11-10-18(13-19(20)24)28-23-30-21(26-15-16-7-6-12-25-14-16)29-22(31-23)27-17-8-4-2-3-5-9-17/h6-7,10-14,17H,2-5,8-9,15H2,1H3,(H3,26,27,28,29,30,31). The van der Waals surface area contributed by atoms with E-state index in [0.717, 1.165) is 18.4 Å². The van der Waals surface area contributed by atoms with Crippen LogP contribution >= 0.6 is 0 Å². The Labute approximate surface area is 187 Å². The first-order valence-corrected chi connectivity index (χ1v) is 11.0. The van der Waals surface area contributed by atoms with E-state index < -0.39 is 5.82 Å². The van der Waals surface area contributed by atoms with Crippen molar-refractivity contribution in [3.8, 4) is 5.75 Å². The second-order valence-electron chi connectivity index (χ2n) is 7.83. The van der Waals surface area contributed by atoms with Crippen molar-refractivity contribution in [3.05, 3.63) is 54.1 Å². The number of hydrogen-bond donors (Lipinski definition) is 3. The van der Waals surface area contributed by atoms with Gasteiger partial charge in [0.1, 0.15) is 0 Å². The molecule has 8 nitrogen and oxygen atoms in total. The topological polar surface area (TPSA) is 96.9 Å². The van der Waals surface area contributed by atoms with Crippen LogP contribution in [0.25, 0.3) is 0 Å². The molecule has 2 aromatic heterocycles. The van der Waals surface area contributed by atoms with Crippen molar-refractivity contribution in [2.75, 3.05) is 23.1 Å². The lowest BCUT2D eigenvalue weighted by atomic mass is 10.1. The van der Waals surface area contributed by atoms with Crippen LogP contribution in [0, 0.1) is 5.82 Å². The van der Waals surface area contributed by atoms with Gasteiger partial charge in [0.25, 0.3) is 0 Å². The van der Waals surface area contributed by atoms with E-state index in [-0.39, 0.29) is 5.75 Å². The Bertz CT molecular complexity index is 1010. The number of ether oxygens (including phenoxy) is 1. The SMILES string of the molecule is COc1ccc(Nc2nc(NCc3cccnc3)nc(NC3CCCCCC3)n2)cc1F. The van der Waals surface area contributed by atoms with Crippen LogP contribution in [0.4, 0.5) is 27.9 Å². The van der Waals surface area contributed by atoms with Gasteiger partial charge in [-0.1, -0.05) is 31.7 Å². The van der Waals surface area contributed by atoms with Gasteiger partial charge >= 0.3 is 0 Å². The molecule has 1 aliphatic rings. The highest BCUT2D eigenvalue weighted by molar-refractivity contribution is 5.57. The van der Waals surface area contributed by atoms with Gasteiger partial charge in [-0.15, -0.1) is 0 Å². The van der Waals surface area contributed by atoms with Crippen molar-refractivity contribution in [1.29, 1.82) is 0 Å². The van der Waals surface area contributed by atoms with Gasteiger partial charge < -0.3 is 20.7 Å². The summed E-state index contributed by atoms with van der Waals surface area (Å²) in [6, 6.07) is 8.82. The number of halogens is 1. The van der Waals surface area contributed by atoms with E-state index in [0.29, 0.717) is 36.1 Å². The first-order valence-electron chi connectivity index (χ1n) is 11.0. The summed E-state index contributed by atoms with van der Waals surface area (Å²) in [6.45, 7) is 0.525. The Morgan fingerprint density at radius 1 is 1.00 bits per heavy atom. The molecule has 0 saturated heterocycles. The van der Waals surface area contributed by atoms with Crippen LogP contribution in [0.2, 0.25) is 0 Å². The number of nitrogens with one attached hydrogen (secondary N) is 3. The Balaban J connectivity index is 1.54. The summed E-state index contributed by atoms with van der Waals surface area (Å²) in [6.07, 6.45) is 10.6. The first kappa shape index (κ1) is 21.7. The molecule has 0 atom stereocenters. The third kappa shape index (κ3) is 6.03. The van der Waals surface area contributed by atoms with Gasteiger partial charge in [0.15, 0.2) is 11.6 Å². The highest BCUT2D eigenvalue weighted by atomic mass is 19.1. The maximum absolute atomic E-state index is 14.1. The van der Waals surface area contributed by atoms with Gasteiger partial charge in [0, 0.05) is 36.7 Å². The van der Waals surface area contributed by atoms with Gasteiger partial charge in [-0.3, -0.25) is 4.98 Å². The van der Waals surface area contributed by atoms with E-state index in [4.69, 9.17) is 4.74 Å². The quantitative estimate of drug-likeness (QED) is 0.428. The molecule has 9 heteroatoms. The number of aromatic nitrogens is 4. The summed E-state index contributed by atoms with van der Waals surface area (Å²) >= 11 is 0. The molecule has 0 radical (unpaired) electrons. The normalized spacial score (nSPS) is 14.4. The number of anilines is 4. The molecule has 1 fully saturated rings. The minimum Gasteiger partial charge on any atom is -0.494 e. The highest BCUT2D eigenvalue weighted by Gasteiger charge is 2.15. The minimum absolute atomic E-state index is 0.181. The van der Waals surface area contributed by atoms with Gasteiger partial charge in [0.2, 0.25) is 17.8 Å². The second kappa shape index (κ2) is 10.7. The zero-order valence-corrected chi connectivity index (χ0v) is 18.1. The van der Waals surface area contributed by atoms with Crippen LogP contribution in [-0.4, -0.2) is 33.1 Å². The molecular formula is C23H28FN7O. The molecule has 3 N–H and O–H groups in total. The van der Waals surface area contributed by atoms with E-state index in [2.05, 4.69) is 35.9 Å². The lowest BCUT2D eigenvalue weighted by molar-refractivity contribution is 0.386. The zero-order valence-electron chi connectivity index (χ0n) is 18.1. The van der Waals surface area contributed by atoms with Crippen molar-refractivity contribution >= 4 is 23.5 Å². The van der Waals surface area contributed by atoms with E-state index >= 15 is 0 Å². The number of methoxy groups -OCH3 is 1. The van der Waals surface area contributed by atoms with Crippen LogP contribution in [0.3, 0.4) is 0 Å². The molecule has 0 amide bonds. The molecule has 4 rings (SSSR count). The fraction of sp³-hybridized carbons (Fsp3) is 0.391. The predicted octanol–water partition coefficient (Wildman–Crippen LogP) is 4.90. The number of nitrogens with zero attached hydrogens (tertiary/aromatic N) is 4. The number of rotatable bonds is 8. The second-order valence-corrected chi connectivity index (χ2v) is 7.83. The average molecular weight is 438 g/mol. The molecule has 0 spiro atoms. The van der Waals surface area contributed by atoms with Crippen LogP contribution in [0.15, 0.2) is 42.7 Å². The van der Waals surface area contributed by atoms with Crippen LogP contribution < -0.4 is 20.7 Å². The Hall–Kier alpha value is -3.49. The molecule has 2 heterocycles. The van der Waals surface area contributed by atoms with Gasteiger partial charge in [-0.2, -0.15) is 15.0 Å². The van der Waals surface area contributed by atoms with Gasteiger partial charge in [-0.05, 0) is 36.6 Å². The summed E-state index contributed by atoms with van der Waals surface area (Å²) in [7, 11) is 1.43. The Morgan fingerprint density at radius 3 is 2.50 bits per heavy atom. The zero-order chi connectivity index (χ0) is 22.2. The lowest BCUT2D eigenvalue weighted by Crippen LogP contribution is -2.21. The fourth-order valence-corrected chi connectivity index (χ4v) is 3.74.